The van der Waals surface area contributed by atoms with Crippen LogP contribution in [0.1, 0.15) is 25.7 Å². The van der Waals surface area contributed by atoms with Crippen LogP contribution < -0.4 is 0 Å². The second kappa shape index (κ2) is 8.61. The maximum Gasteiger partial charge on any atom is 0.319 e. The molecule has 0 atom stereocenters. The van der Waals surface area contributed by atoms with Crippen LogP contribution in [0, 0.1) is 0 Å². The van der Waals surface area contributed by atoms with Crippen molar-refractivity contribution in [1.29, 1.82) is 0 Å². The van der Waals surface area contributed by atoms with Crippen molar-refractivity contribution in [3.05, 3.63) is 12.7 Å². The van der Waals surface area contributed by atoms with Crippen molar-refractivity contribution in [3.63, 3.8) is 0 Å². The van der Waals surface area contributed by atoms with E-state index in [4.69, 9.17) is 5.11 Å². The molecule has 0 aromatic heterocycles. The van der Waals surface area contributed by atoms with Gasteiger partial charge in [-0.2, -0.15) is 0 Å². The van der Waals surface area contributed by atoms with Crippen LogP contribution in [-0.2, 0) is 4.79 Å². The van der Waals surface area contributed by atoms with Crippen LogP contribution in [0.2, 0.25) is 0 Å². The summed E-state index contributed by atoms with van der Waals surface area (Å²) in [5, 5.41) is 8.49. The number of allylic oxidation sites excluding steroid dienone is 1. The molecule has 5 heteroatoms. The topological polar surface area (TPSA) is 60.9 Å². The van der Waals surface area contributed by atoms with Crippen molar-refractivity contribution in [2.75, 3.05) is 27.2 Å². The van der Waals surface area contributed by atoms with E-state index in [1.165, 1.54) is 0 Å². The Kier molecular flexibility index (Phi) is 7.84. The van der Waals surface area contributed by atoms with Gasteiger partial charge in [-0.25, -0.2) is 4.79 Å². The van der Waals surface area contributed by atoms with E-state index in [-0.39, 0.29) is 12.5 Å². The first-order valence-electron chi connectivity index (χ1n) is 5.78. The van der Waals surface area contributed by atoms with Crippen LogP contribution >= 0.6 is 0 Å². The fourth-order valence-electron chi connectivity index (χ4n) is 1.42. The molecule has 0 radical (unpaired) electrons. The second-order valence-corrected chi connectivity index (χ2v) is 4.05. The number of amides is 2. The van der Waals surface area contributed by atoms with E-state index in [1.54, 1.807) is 23.9 Å². The van der Waals surface area contributed by atoms with Gasteiger partial charge in [0.05, 0.1) is 0 Å². The number of rotatable bonds is 8. The number of nitrogens with zero attached hydrogens (tertiary/aromatic N) is 2. The maximum atomic E-state index is 11.8. The molecule has 0 bridgehead atoms. The number of carboxylic acid groups (broad SMARTS) is 1. The number of carbonyl (C=O) groups excluding carboxylic acids is 1. The molecule has 0 aromatic carbocycles. The van der Waals surface area contributed by atoms with Crippen molar-refractivity contribution in [2.24, 2.45) is 0 Å². The average molecular weight is 242 g/mol. The summed E-state index contributed by atoms with van der Waals surface area (Å²) >= 11 is 0. The first-order valence-corrected chi connectivity index (χ1v) is 5.78. The summed E-state index contributed by atoms with van der Waals surface area (Å²) in [6.45, 7) is 4.78. The Morgan fingerprint density at radius 1 is 1.18 bits per heavy atom. The van der Waals surface area contributed by atoms with Crippen LogP contribution in [0.25, 0.3) is 0 Å². The lowest BCUT2D eigenvalue weighted by Crippen LogP contribution is -2.39. The molecule has 0 aliphatic carbocycles. The predicted molar refractivity (Wildman–Crippen MR) is 67.0 cm³/mol. The van der Waals surface area contributed by atoms with Crippen LogP contribution in [0.15, 0.2) is 12.7 Å². The lowest BCUT2D eigenvalue weighted by molar-refractivity contribution is -0.137. The third kappa shape index (κ3) is 7.38. The van der Waals surface area contributed by atoms with Crippen molar-refractivity contribution in [2.45, 2.75) is 25.7 Å². The van der Waals surface area contributed by atoms with Gasteiger partial charge in [0, 0.05) is 33.6 Å². The quantitative estimate of drug-likeness (QED) is 0.521. The Labute approximate surface area is 103 Å². The molecule has 0 aromatic rings. The van der Waals surface area contributed by atoms with E-state index in [1.807, 2.05) is 6.08 Å². The Balaban J connectivity index is 3.85. The van der Waals surface area contributed by atoms with Gasteiger partial charge < -0.3 is 14.9 Å². The van der Waals surface area contributed by atoms with Gasteiger partial charge in [-0.1, -0.05) is 6.08 Å². The highest BCUT2D eigenvalue weighted by molar-refractivity contribution is 5.73. The van der Waals surface area contributed by atoms with E-state index in [0.717, 1.165) is 12.8 Å². The fraction of sp³-hybridized carbons (Fsp3) is 0.667. The molecule has 0 aliphatic rings. The van der Waals surface area contributed by atoms with Gasteiger partial charge in [-0.15, -0.1) is 6.58 Å². The smallest absolute Gasteiger partial charge is 0.319 e. The number of carbonyl (C=O) groups is 2. The second-order valence-electron chi connectivity index (χ2n) is 4.05. The summed E-state index contributed by atoms with van der Waals surface area (Å²) in [7, 11) is 3.44. The fourth-order valence-corrected chi connectivity index (χ4v) is 1.42. The normalized spacial score (nSPS) is 9.76. The van der Waals surface area contributed by atoms with Crippen LogP contribution in [-0.4, -0.2) is 54.1 Å². The number of hydrogen-bond acceptors (Lipinski definition) is 2. The standard InChI is InChI=1S/C12H22N2O3/c1-4-5-6-9-13(2)12(17)14(3)10-7-8-11(15)16/h4H,1,5-10H2,2-3H3,(H,15,16). The van der Waals surface area contributed by atoms with Gasteiger partial charge in [0.2, 0.25) is 0 Å². The minimum Gasteiger partial charge on any atom is -0.481 e. The number of aliphatic carboxylic acids is 1. The maximum absolute atomic E-state index is 11.8. The van der Waals surface area contributed by atoms with E-state index < -0.39 is 5.97 Å². The molecule has 0 unspecified atom stereocenters. The Hall–Kier alpha value is -1.52. The summed E-state index contributed by atoms with van der Waals surface area (Å²) in [5.41, 5.74) is 0. The molecule has 0 saturated carbocycles. The SMILES string of the molecule is C=CCCCN(C)C(=O)N(C)CCCC(=O)O. The van der Waals surface area contributed by atoms with Crippen molar-refractivity contribution in [3.8, 4) is 0 Å². The Morgan fingerprint density at radius 3 is 2.18 bits per heavy atom. The molecule has 0 rings (SSSR count). The third-order valence-corrected chi connectivity index (χ3v) is 2.44. The first kappa shape index (κ1) is 15.5. The van der Waals surface area contributed by atoms with Crippen LogP contribution in [0.3, 0.4) is 0 Å². The van der Waals surface area contributed by atoms with Gasteiger partial charge >= 0.3 is 12.0 Å². The van der Waals surface area contributed by atoms with Crippen molar-refractivity contribution in [1.82, 2.24) is 9.80 Å². The zero-order valence-electron chi connectivity index (χ0n) is 10.7. The molecule has 0 fully saturated rings. The van der Waals surface area contributed by atoms with Gasteiger partial charge in [0.25, 0.3) is 0 Å². The zero-order valence-corrected chi connectivity index (χ0v) is 10.7. The summed E-state index contributed by atoms with van der Waals surface area (Å²) in [4.78, 5) is 25.3. The van der Waals surface area contributed by atoms with Crippen molar-refractivity contribution < 1.29 is 14.7 Å². The minimum atomic E-state index is -0.829. The number of carboxylic acids is 1. The van der Waals surface area contributed by atoms with E-state index in [2.05, 4.69) is 6.58 Å². The predicted octanol–water partition coefficient (Wildman–Crippen LogP) is 1.80. The van der Waals surface area contributed by atoms with Gasteiger partial charge in [-0.3, -0.25) is 4.79 Å². The molecule has 0 spiro atoms. The largest absolute Gasteiger partial charge is 0.481 e. The molecule has 5 nitrogen and oxygen atoms in total. The third-order valence-electron chi connectivity index (χ3n) is 2.44. The summed E-state index contributed by atoms with van der Waals surface area (Å²) in [6, 6.07) is -0.0700. The van der Waals surface area contributed by atoms with E-state index in [0.29, 0.717) is 19.5 Å². The average Bonchev–Trinajstić information content (AvgIpc) is 2.27. The first-order chi connectivity index (χ1) is 7.99. The number of unbranched alkanes of at least 4 members (excludes halogenated alkanes) is 1. The molecule has 17 heavy (non-hydrogen) atoms. The molecule has 0 aliphatic heterocycles. The van der Waals surface area contributed by atoms with E-state index >= 15 is 0 Å². The Morgan fingerprint density at radius 2 is 1.71 bits per heavy atom. The minimum absolute atomic E-state index is 0.0700. The molecule has 0 saturated heterocycles. The highest BCUT2D eigenvalue weighted by Gasteiger charge is 2.13. The number of hydrogen-bond donors (Lipinski definition) is 1. The number of urea groups is 1. The molecule has 0 heterocycles. The molecule has 2 amide bonds. The Bertz CT molecular complexity index is 266. The van der Waals surface area contributed by atoms with Gasteiger partial charge in [-0.05, 0) is 19.3 Å². The molecular formula is C12H22N2O3. The molecular weight excluding hydrogens is 220 g/mol. The summed E-state index contributed by atoms with van der Waals surface area (Å²) < 4.78 is 0. The van der Waals surface area contributed by atoms with Gasteiger partial charge in [0.15, 0.2) is 0 Å². The monoisotopic (exact) mass is 242 g/mol. The van der Waals surface area contributed by atoms with Crippen molar-refractivity contribution >= 4 is 12.0 Å². The highest BCUT2D eigenvalue weighted by Crippen LogP contribution is 2.00. The zero-order chi connectivity index (χ0) is 13.3. The lowest BCUT2D eigenvalue weighted by atomic mass is 10.3. The molecule has 1 N–H and O–H groups in total. The summed E-state index contributed by atoms with van der Waals surface area (Å²) in [6.07, 6.45) is 4.19. The highest BCUT2D eigenvalue weighted by atomic mass is 16.4. The van der Waals surface area contributed by atoms with E-state index in [9.17, 15) is 9.59 Å². The lowest BCUT2D eigenvalue weighted by Gasteiger charge is -2.24. The van der Waals surface area contributed by atoms with Crippen LogP contribution in [0.5, 0.6) is 0 Å². The van der Waals surface area contributed by atoms with Gasteiger partial charge in [0.1, 0.15) is 0 Å². The summed E-state index contributed by atoms with van der Waals surface area (Å²) in [5.74, 6) is -0.829. The van der Waals surface area contributed by atoms with Crippen LogP contribution in [0.4, 0.5) is 4.79 Å². The molecule has 98 valence electrons.